The lowest BCUT2D eigenvalue weighted by Gasteiger charge is -2.25. The predicted molar refractivity (Wildman–Crippen MR) is 164 cm³/mol. The van der Waals surface area contributed by atoms with E-state index in [2.05, 4.69) is 47.2 Å². The first-order chi connectivity index (χ1) is 19.7. The van der Waals surface area contributed by atoms with Gasteiger partial charge in [0.2, 0.25) is 10.0 Å². The highest BCUT2D eigenvalue weighted by molar-refractivity contribution is 7.89. The van der Waals surface area contributed by atoms with Crippen molar-refractivity contribution in [1.82, 2.24) is 4.72 Å². The zero-order valence-electron chi connectivity index (χ0n) is 22.7. The van der Waals surface area contributed by atoms with E-state index in [-0.39, 0.29) is 40.8 Å². The van der Waals surface area contributed by atoms with Crippen molar-refractivity contribution in [3.8, 4) is 11.1 Å². The van der Waals surface area contributed by atoms with E-state index >= 15 is 0 Å². The van der Waals surface area contributed by atoms with Crippen molar-refractivity contribution >= 4 is 39.2 Å². The van der Waals surface area contributed by atoms with Gasteiger partial charge in [-0.1, -0.05) is 90.0 Å². The largest absolute Gasteiger partial charge is 0.481 e. The number of ether oxygens (including phenoxy) is 1. The van der Waals surface area contributed by atoms with Gasteiger partial charge in [0.05, 0.1) is 17.7 Å². The molecule has 0 heterocycles. The van der Waals surface area contributed by atoms with Gasteiger partial charge in [-0.25, -0.2) is 13.1 Å². The Hall–Kier alpha value is -2.68. The molecule has 218 valence electrons. The molecule has 0 radical (unpaired) electrons. The summed E-state index contributed by atoms with van der Waals surface area (Å²) in [4.78, 5) is 10.8. The molecule has 3 aromatic carbocycles. The van der Waals surface area contributed by atoms with Gasteiger partial charge in [0.15, 0.2) is 0 Å². The number of carboxylic acids is 1. The minimum absolute atomic E-state index is 0.0308. The van der Waals surface area contributed by atoms with Gasteiger partial charge < -0.3 is 9.84 Å². The average Bonchev–Trinajstić information content (AvgIpc) is 3.36. The Morgan fingerprint density at radius 1 is 0.976 bits per heavy atom. The molecular weight excluding hydrogens is 581 g/mol. The summed E-state index contributed by atoms with van der Waals surface area (Å²) in [5.74, 6) is -0.629. The maximum atomic E-state index is 13.0. The summed E-state index contributed by atoms with van der Waals surface area (Å²) in [6, 6.07) is 22.9. The number of allylic oxidation sites excluding steroid dienone is 2. The van der Waals surface area contributed by atoms with Crippen molar-refractivity contribution in [1.29, 1.82) is 0 Å². The van der Waals surface area contributed by atoms with E-state index in [1.807, 2.05) is 24.3 Å². The molecule has 0 aromatic heterocycles. The molecule has 0 saturated heterocycles. The number of nitrogens with one attached hydrogen (secondary N) is 1. The van der Waals surface area contributed by atoms with E-state index in [0.29, 0.717) is 24.5 Å². The second-order valence-electron chi connectivity index (χ2n) is 10.3. The van der Waals surface area contributed by atoms with Gasteiger partial charge in [-0.05, 0) is 78.8 Å². The van der Waals surface area contributed by atoms with E-state index in [0.717, 1.165) is 36.0 Å². The number of aliphatic carboxylic acids is 1. The minimum atomic E-state index is -3.85. The first-order valence-electron chi connectivity index (χ1n) is 13.8. The maximum Gasteiger partial charge on any atom is 0.303 e. The van der Waals surface area contributed by atoms with Gasteiger partial charge in [-0.3, -0.25) is 4.79 Å². The number of hydrogen-bond acceptors (Lipinski definition) is 4. The van der Waals surface area contributed by atoms with E-state index in [4.69, 9.17) is 33.0 Å². The van der Waals surface area contributed by atoms with Crippen LogP contribution in [0, 0.1) is 11.8 Å². The van der Waals surface area contributed by atoms with Crippen LogP contribution in [0.1, 0.15) is 44.1 Å². The standard InChI is InChI=1S/C32H35Cl2NO5S/c33-27-17-18-29(34)31(20-27)41(38,39)35-21-26-16-19-30(28(26)10-6-1-2-7-11-32(36)37)40-22-23-12-14-25(15-13-23)24-8-4-3-5-9-24/h1,3-6,8-9,12-15,17-18,20,26,28,30,35H,2,7,10-11,16,19,21-22H2,(H,36,37)/b6-1-/t26-,28-,30+/m1/s1. The number of benzene rings is 3. The van der Waals surface area contributed by atoms with E-state index in [1.54, 1.807) is 6.07 Å². The van der Waals surface area contributed by atoms with Gasteiger partial charge >= 0.3 is 5.97 Å². The smallest absolute Gasteiger partial charge is 0.303 e. The molecular formula is C32H35Cl2NO5S. The highest BCUT2D eigenvalue weighted by Crippen LogP contribution is 2.37. The normalized spacial score (nSPS) is 19.1. The molecule has 1 saturated carbocycles. The van der Waals surface area contributed by atoms with Crippen LogP contribution in [0.15, 0.2) is 89.8 Å². The van der Waals surface area contributed by atoms with Crippen LogP contribution in [0.5, 0.6) is 0 Å². The third-order valence-corrected chi connectivity index (χ3v) is 9.63. The van der Waals surface area contributed by atoms with Crippen LogP contribution < -0.4 is 4.72 Å². The fourth-order valence-corrected chi connectivity index (χ4v) is 7.12. The molecule has 6 nitrogen and oxygen atoms in total. The molecule has 0 unspecified atom stereocenters. The molecule has 0 spiro atoms. The molecule has 9 heteroatoms. The summed E-state index contributed by atoms with van der Waals surface area (Å²) < 4.78 is 35.2. The van der Waals surface area contributed by atoms with Crippen molar-refractivity contribution in [3.63, 3.8) is 0 Å². The number of halogens is 2. The Morgan fingerprint density at radius 3 is 2.44 bits per heavy atom. The van der Waals surface area contributed by atoms with Crippen LogP contribution >= 0.6 is 23.2 Å². The van der Waals surface area contributed by atoms with Crippen molar-refractivity contribution in [2.75, 3.05) is 6.54 Å². The van der Waals surface area contributed by atoms with Crippen LogP contribution in [0.2, 0.25) is 10.0 Å². The quantitative estimate of drug-likeness (QED) is 0.143. The zero-order chi connectivity index (χ0) is 29.2. The van der Waals surface area contributed by atoms with Gasteiger partial charge in [-0.15, -0.1) is 0 Å². The Kier molecular flexibility index (Phi) is 11.4. The van der Waals surface area contributed by atoms with Crippen molar-refractivity contribution in [2.24, 2.45) is 11.8 Å². The Morgan fingerprint density at radius 2 is 1.71 bits per heavy atom. The molecule has 41 heavy (non-hydrogen) atoms. The van der Waals surface area contributed by atoms with Gasteiger partial charge in [0.1, 0.15) is 4.90 Å². The topological polar surface area (TPSA) is 92.7 Å². The van der Waals surface area contributed by atoms with E-state index in [1.165, 1.54) is 12.1 Å². The summed E-state index contributed by atoms with van der Waals surface area (Å²) in [5, 5.41) is 9.28. The summed E-state index contributed by atoms with van der Waals surface area (Å²) in [6.45, 7) is 0.726. The Labute approximate surface area is 252 Å². The van der Waals surface area contributed by atoms with Gasteiger partial charge in [0, 0.05) is 18.0 Å². The fraction of sp³-hybridized carbons (Fsp3) is 0.344. The SMILES string of the molecule is O=C(O)CCC/C=C\C[C@@H]1[C@@H](CNS(=O)(=O)c2cc(Cl)ccc2Cl)CC[C@@H]1OCc1ccc(-c2ccccc2)cc1. The molecule has 3 atom stereocenters. The Bertz CT molecular complexity index is 1430. The summed E-state index contributed by atoms with van der Waals surface area (Å²) in [7, 11) is -3.85. The fourth-order valence-electron chi connectivity index (χ4n) is 5.26. The van der Waals surface area contributed by atoms with Crippen LogP contribution in [0.3, 0.4) is 0 Å². The van der Waals surface area contributed by atoms with Crippen LogP contribution in [-0.4, -0.2) is 32.1 Å². The zero-order valence-corrected chi connectivity index (χ0v) is 25.0. The predicted octanol–water partition coefficient (Wildman–Crippen LogP) is 7.75. The molecule has 0 amide bonds. The van der Waals surface area contributed by atoms with Crippen LogP contribution in [0.4, 0.5) is 0 Å². The maximum absolute atomic E-state index is 13.0. The number of carboxylic acid groups (broad SMARTS) is 1. The van der Waals surface area contributed by atoms with Crippen LogP contribution in [-0.2, 0) is 26.2 Å². The van der Waals surface area contributed by atoms with Crippen LogP contribution in [0.25, 0.3) is 11.1 Å². The first-order valence-corrected chi connectivity index (χ1v) is 16.0. The lowest BCUT2D eigenvalue weighted by molar-refractivity contribution is -0.137. The molecule has 1 aliphatic rings. The summed E-state index contributed by atoms with van der Waals surface area (Å²) >= 11 is 12.2. The van der Waals surface area contributed by atoms with E-state index in [9.17, 15) is 13.2 Å². The summed E-state index contributed by atoms with van der Waals surface area (Å²) in [6.07, 6.45) is 7.81. The third kappa shape index (κ3) is 9.15. The third-order valence-electron chi connectivity index (χ3n) is 7.48. The molecule has 0 bridgehead atoms. The molecule has 2 N–H and O–H groups in total. The average molecular weight is 617 g/mol. The molecule has 1 fully saturated rings. The minimum Gasteiger partial charge on any atom is -0.481 e. The molecule has 0 aliphatic heterocycles. The monoisotopic (exact) mass is 615 g/mol. The Balaban J connectivity index is 1.40. The van der Waals surface area contributed by atoms with Gasteiger partial charge in [-0.2, -0.15) is 0 Å². The summed E-state index contributed by atoms with van der Waals surface area (Å²) in [5.41, 5.74) is 3.39. The highest BCUT2D eigenvalue weighted by Gasteiger charge is 2.36. The number of hydrogen-bond donors (Lipinski definition) is 2. The highest BCUT2D eigenvalue weighted by atomic mass is 35.5. The van der Waals surface area contributed by atoms with Gasteiger partial charge in [0.25, 0.3) is 0 Å². The van der Waals surface area contributed by atoms with Crippen molar-refractivity contribution in [3.05, 3.63) is 101 Å². The van der Waals surface area contributed by atoms with Crippen molar-refractivity contribution < 1.29 is 23.1 Å². The second-order valence-corrected chi connectivity index (χ2v) is 12.9. The molecule has 4 rings (SSSR count). The molecule has 1 aliphatic carbocycles. The first kappa shape index (κ1) is 31.3. The molecule has 3 aromatic rings. The number of rotatable bonds is 14. The van der Waals surface area contributed by atoms with E-state index < -0.39 is 16.0 Å². The number of carbonyl (C=O) groups is 1. The van der Waals surface area contributed by atoms with Crippen molar-refractivity contribution in [2.45, 2.75) is 56.1 Å². The lowest BCUT2D eigenvalue weighted by Crippen LogP contribution is -2.33. The number of sulfonamides is 1. The number of unbranched alkanes of at least 4 members (excludes halogenated alkanes) is 1. The second kappa shape index (κ2) is 15.0. The lowest BCUT2D eigenvalue weighted by atomic mass is 9.91.